The van der Waals surface area contributed by atoms with Crippen LogP contribution >= 0.6 is 0 Å². The molecule has 2 N–H and O–H groups in total. The molecule has 2 nitrogen and oxygen atoms in total. The van der Waals surface area contributed by atoms with Crippen molar-refractivity contribution in [2.45, 2.75) is 31.7 Å². The Labute approximate surface area is 69.8 Å². The van der Waals surface area contributed by atoms with E-state index in [9.17, 15) is 0 Å². The largest absolute Gasteiger partial charge is 0.325 e. The molecular weight excluding hydrogens is 136 g/mol. The van der Waals surface area contributed by atoms with Crippen molar-refractivity contribution >= 4 is 0 Å². The fourth-order valence-corrected chi connectivity index (χ4v) is 1.71. The van der Waals surface area contributed by atoms with Crippen LogP contribution in [0.4, 0.5) is 0 Å². The average Bonchev–Trinajstić information content (AvgIpc) is 2.63. The van der Waals surface area contributed by atoms with E-state index in [0.717, 1.165) is 6.54 Å². The molecule has 0 heterocycles. The van der Waals surface area contributed by atoms with Crippen LogP contribution in [0, 0.1) is 5.92 Å². The van der Waals surface area contributed by atoms with Crippen LogP contribution in [0.2, 0.25) is 0 Å². The Kier molecular flexibility index (Phi) is 2.55. The zero-order valence-electron chi connectivity index (χ0n) is 7.93. The maximum absolute atomic E-state index is 6.12. The Morgan fingerprint density at radius 2 is 2.00 bits per heavy atom. The van der Waals surface area contributed by atoms with Crippen LogP contribution < -0.4 is 5.73 Å². The van der Waals surface area contributed by atoms with Crippen LogP contribution in [0.15, 0.2) is 0 Å². The number of rotatable bonds is 4. The first-order chi connectivity index (χ1) is 5.08. The summed E-state index contributed by atoms with van der Waals surface area (Å²) in [5, 5.41) is 0. The van der Waals surface area contributed by atoms with E-state index in [1.54, 1.807) is 0 Å². The van der Waals surface area contributed by atoms with Crippen molar-refractivity contribution in [1.82, 2.24) is 4.90 Å². The van der Waals surface area contributed by atoms with E-state index in [4.69, 9.17) is 5.73 Å². The highest BCUT2D eigenvalue weighted by atomic mass is 15.1. The molecule has 1 rings (SSSR count). The van der Waals surface area contributed by atoms with Crippen molar-refractivity contribution in [2.24, 2.45) is 11.7 Å². The summed E-state index contributed by atoms with van der Waals surface area (Å²) >= 11 is 0. The van der Waals surface area contributed by atoms with Crippen molar-refractivity contribution in [3.8, 4) is 0 Å². The molecule has 1 unspecified atom stereocenters. The fourth-order valence-electron chi connectivity index (χ4n) is 1.71. The zero-order chi connectivity index (χ0) is 8.48. The van der Waals surface area contributed by atoms with E-state index in [-0.39, 0.29) is 5.54 Å². The van der Waals surface area contributed by atoms with Gasteiger partial charge in [0.1, 0.15) is 0 Å². The smallest absolute Gasteiger partial charge is 0.0196 e. The lowest BCUT2D eigenvalue weighted by Gasteiger charge is -2.25. The van der Waals surface area contributed by atoms with Crippen molar-refractivity contribution in [2.75, 3.05) is 20.6 Å². The molecule has 0 aromatic carbocycles. The lowest BCUT2D eigenvalue weighted by Crippen LogP contribution is -2.38. The summed E-state index contributed by atoms with van der Waals surface area (Å²) in [5.74, 6) is 0.706. The summed E-state index contributed by atoms with van der Waals surface area (Å²) in [6.45, 7) is 3.38. The molecule has 1 aliphatic carbocycles. The summed E-state index contributed by atoms with van der Waals surface area (Å²) in [6.07, 6.45) is 3.69. The maximum Gasteiger partial charge on any atom is 0.0196 e. The van der Waals surface area contributed by atoms with Gasteiger partial charge in [0.2, 0.25) is 0 Å². The van der Waals surface area contributed by atoms with Crippen LogP contribution in [-0.2, 0) is 0 Å². The molecule has 0 aromatic heterocycles. The zero-order valence-corrected chi connectivity index (χ0v) is 7.93. The lowest BCUT2D eigenvalue weighted by molar-refractivity contribution is 0.272. The average molecular weight is 156 g/mol. The number of nitrogens with two attached hydrogens (primary N) is 1. The normalized spacial score (nSPS) is 23.7. The van der Waals surface area contributed by atoms with Gasteiger partial charge in [-0.2, -0.15) is 0 Å². The van der Waals surface area contributed by atoms with E-state index in [1.165, 1.54) is 19.3 Å². The van der Waals surface area contributed by atoms with Gasteiger partial charge in [-0.3, -0.25) is 0 Å². The first-order valence-corrected chi connectivity index (χ1v) is 4.52. The first kappa shape index (κ1) is 9.01. The molecule has 1 atom stereocenters. The van der Waals surface area contributed by atoms with Gasteiger partial charge in [-0.15, -0.1) is 0 Å². The molecule has 2 heteroatoms. The second-order valence-corrected chi connectivity index (χ2v) is 4.10. The minimum Gasteiger partial charge on any atom is -0.325 e. The van der Waals surface area contributed by atoms with Gasteiger partial charge in [0, 0.05) is 12.1 Å². The van der Waals surface area contributed by atoms with Gasteiger partial charge in [0.05, 0.1) is 0 Å². The highest BCUT2D eigenvalue weighted by Crippen LogP contribution is 2.41. The Bertz CT molecular complexity index is 128. The predicted octanol–water partition coefficient (Wildman–Crippen LogP) is 1.07. The molecule has 66 valence electrons. The standard InChI is InChI=1S/C9H20N2/c1-4-8(7-11(2)3)9(10)5-6-9/h8H,4-7,10H2,1-3H3. The molecule has 0 saturated heterocycles. The number of hydrogen-bond acceptors (Lipinski definition) is 2. The van der Waals surface area contributed by atoms with Crippen molar-refractivity contribution in [3.05, 3.63) is 0 Å². The first-order valence-electron chi connectivity index (χ1n) is 4.52. The van der Waals surface area contributed by atoms with Crippen molar-refractivity contribution < 1.29 is 0 Å². The van der Waals surface area contributed by atoms with Gasteiger partial charge in [0.25, 0.3) is 0 Å². The lowest BCUT2D eigenvalue weighted by atomic mass is 9.95. The van der Waals surface area contributed by atoms with Crippen LogP contribution in [-0.4, -0.2) is 31.1 Å². The molecule has 0 aromatic rings. The highest BCUT2D eigenvalue weighted by molar-refractivity contribution is 5.03. The Morgan fingerprint density at radius 1 is 1.45 bits per heavy atom. The van der Waals surface area contributed by atoms with E-state index in [1.807, 2.05) is 0 Å². The molecule has 1 fully saturated rings. The van der Waals surface area contributed by atoms with E-state index in [2.05, 4.69) is 25.9 Å². The molecule has 0 amide bonds. The molecule has 0 aliphatic heterocycles. The highest BCUT2D eigenvalue weighted by Gasteiger charge is 2.44. The molecule has 0 radical (unpaired) electrons. The van der Waals surface area contributed by atoms with E-state index >= 15 is 0 Å². The summed E-state index contributed by atoms with van der Waals surface area (Å²) in [5.41, 5.74) is 6.33. The topological polar surface area (TPSA) is 29.3 Å². The fraction of sp³-hybridized carbons (Fsp3) is 1.00. The Balaban J connectivity index is 2.37. The SMILES string of the molecule is CCC(CN(C)C)C1(N)CC1. The van der Waals surface area contributed by atoms with E-state index < -0.39 is 0 Å². The van der Waals surface area contributed by atoms with Crippen molar-refractivity contribution in [3.63, 3.8) is 0 Å². The summed E-state index contributed by atoms with van der Waals surface area (Å²) in [4.78, 5) is 2.24. The molecular formula is C9H20N2. The monoisotopic (exact) mass is 156 g/mol. The van der Waals surface area contributed by atoms with Gasteiger partial charge in [-0.1, -0.05) is 13.3 Å². The molecule has 0 spiro atoms. The van der Waals surface area contributed by atoms with Gasteiger partial charge in [0.15, 0.2) is 0 Å². The van der Waals surface area contributed by atoms with Gasteiger partial charge in [-0.25, -0.2) is 0 Å². The quantitative estimate of drug-likeness (QED) is 0.659. The molecule has 1 aliphatic rings. The Morgan fingerprint density at radius 3 is 2.27 bits per heavy atom. The number of nitrogens with zero attached hydrogens (tertiary/aromatic N) is 1. The minimum absolute atomic E-state index is 0.207. The Hall–Kier alpha value is -0.0800. The maximum atomic E-state index is 6.12. The van der Waals surface area contributed by atoms with Gasteiger partial charge in [-0.05, 0) is 32.9 Å². The summed E-state index contributed by atoms with van der Waals surface area (Å²) < 4.78 is 0. The van der Waals surface area contributed by atoms with Crippen molar-refractivity contribution in [1.29, 1.82) is 0 Å². The second-order valence-electron chi connectivity index (χ2n) is 4.10. The van der Waals surface area contributed by atoms with E-state index in [0.29, 0.717) is 5.92 Å². The predicted molar refractivity (Wildman–Crippen MR) is 48.5 cm³/mol. The third-order valence-electron chi connectivity index (χ3n) is 2.72. The summed E-state index contributed by atoms with van der Waals surface area (Å²) in [7, 11) is 4.24. The third-order valence-corrected chi connectivity index (χ3v) is 2.72. The van der Waals surface area contributed by atoms with Crippen LogP contribution in [0.3, 0.4) is 0 Å². The summed E-state index contributed by atoms with van der Waals surface area (Å²) in [6, 6.07) is 0. The third kappa shape index (κ3) is 2.17. The molecule has 11 heavy (non-hydrogen) atoms. The van der Waals surface area contributed by atoms with Crippen LogP contribution in [0.5, 0.6) is 0 Å². The van der Waals surface area contributed by atoms with Gasteiger partial charge < -0.3 is 10.6 Å². The molecule has 1 saturated carbocycles. The minimum atomic E-state index is 0.207. The van der Waals surface area contributed by atoms with Crippen LogP contribution in [0.25, 0.3) is 0 Å². The second kappa shape index (κ2) is 3.11. The molecule has 0 bridgehead atoms. The number of hydrogen-bond donors (Lipinski definition) is 1. The van der Waals surface area contributed by atoms with Gasteiger partial charge >= 0.3 is 0 Å². The van der Waals surface area contributed by atoms with Crippen LogP contribution in [0.1, 0.15) is 26.2 Å².